The van der Waals surface area contributed by atoms with E-state index in [-0.39, 0.29) is 0 Å². The molecule has 4 heteroatoms. The average Bonchev–Trinajstić information content (AvgIpc) is 2.86. The maximum Gasteiger partial charge on any atom is 0.161 e. The molecule has 0 amide bonds. The summed E-state index contributed by atoms with van der Waals surface area (Å²) >= 11 is 1.91. The van der Waals surface area contributed by atoms with Crippen LogP contribution in [0.2, 0.25) is 0 Å². The fourth-order valence-electron chi connectivity index (χ4n) is 2.60. The minimum Gasteiger partial charge on any atom is -0.370 e. The lowest BCUT2D eigenvalue weighted by atomic mass is 10.1. The first-order valence-electron chi connectivity index (χ1n) is 6.97. The third kappa shape index (κ3) is 2.52. The largest absolute Gasteiger partial charge is 0.370 e. The summed E-state index contributed by atoms with van der Waals surface area (Å²) in [6, 6.07) is 6.50. The monoisotopic (exact) mass is 285 g/mol. The summed E-state index contributed by atoms with van der Waals surface area (Å²) in [6.07, 6.45) is 0. The number of thioether (sulfide) groups is 1. The summed E-state index contributed by atoms with van der Waals surface area (Å²) in [6.45, 7) is 7.23. The molecule has 1 aliphatic heterocycles. The van der Waals surface area contributed by atoms with Crippen molar-refractivity contribution in [2.45, 2.75) is 32.3 Å². The van der Waals surface area contributed by atoms with Gasteiger partial charge in [-0.05, 0) is 32.9 Å². The first-order valence-corrected chi connectivity index (χ1v) is 8.13. The molecule has 0 aliphatic carbocycles. The smallest absolute Gasteiger partial charge is 0.161 e. The molecule has 0 spiro atoms. The molecule has 0 radical (unpaired) electrons. The summed E-state index contributed by atoms with van der Waals surface area (Å²) in [7, 11) is 0. The Hall–Kier alpha value is -1.55. The molecule has 0 saturated carbocycles. The Bertz CT molecular complexity index is 632. The van der Waals surface area contributed by atoms with Crippen LogP contribution in [0.25, 0.3) is 11.4 Å². The number of rotatable bonds is 3. The lowest BCUT2D eigenvalue weighted by Gasteiger charge is -2.11. The Labute approximate surface area is 124 Å². The summed E-state index contributed by atoms with van der Waals surface area (Å²) in [4.78, 5) is 9.53. The Morgan fingerprint density at radius 2 is 1.85 bits per heavy atom. The first kappa shape index (κ1) is 13.4. The fraction of sp³-hybridized carbons (Fsp3) is 0.375. The number of nitrogens with zero attached hydrogens (tertiary/aromatic N) is 2. The van der Waals surface area contributed by atoms with Gasteiger partial charge in [0.1, 0.15) is 5.82 Å². The number of fused-ring (bicyclic) bond motifs is 1. The molecule has 1 aliphatic rings. The van der Waals surface area contributed by atoms with Crippen LogP contribution in [-0.4, -0.2) is 16.5 Å². The number of benzene rings is 1. The van der Waals surface area contributed by atoms with Gasteiger partial charge in [-0.3, -0.25) is 0 Å². The number of hydrogen-bond donors (Lipinski definition) is 1. The zero-order valence-electron chi connectivity index (χ0n) is 12.2. The first-order chi connectivity index (χ1) is 9.67. The third-order valence-electron chi connectivity index (χ3n) is 3.40. The molecule has 20 heavy (non-hydrogen) atoms. The Morgan fingerprint density at radius 1 is 1.10 bits per heavy atom. The van der Waals surface area contributed by atoms with E-state index in [0.717, 1.165) is 35.3 Å². The van der Waals surface area contributed by atoms with Crippen LogP contribution in [0.5, 0.6) is 0 Å². The predicted molar refractivity (Wildman–Crippen MR) is 86.1 cm³/mol. The van der Waals surface area contributed by atoms with Gasteiger partial charge in [0, 0.05) is 29.2 Å². The van der Waals surface area contributed by atoms with Crippen LogP contribution >= 0.6 is 11.8 Å². The van der Waals surface area contributed by atoms with Gasteiger partial charge in [0.05, 0.1) is 5.69 Å². The van der Waals surface area contributed by atoms with Gasteiger partial charge in [0.15, 0.2) is 5.82 Å². The fourth-order valence-corrected chi connectivity index (χ4v) is 3.64. The third-order valence-corrected chi connectivity index (χ3v) is 4.37. The van der Waals surface area contributed by atoms with Gasteiger partial charge in [-0.1, -0.05) is 17.2 Å². The molecule has 0 bridgehead atoms. The summed E-state index contributed by atoms with van der Waals surface area (Å²) in [5, 5.41) is 3.38. The van der Waals surface area contributed by atoms with E-state index >= 15 is 0 Å². The van der Waals surface area contributed by atoms with Crippen LogP contribution in [0.4, 0.5) is 5.82 Å². The van der Waals surface area contributed by atoms with Crippen molar-refractivity contribution in [3.63, 3.8) is 0 Å². The average molecular weight is 285 g/mol. The van der Waals surface area contributed by atoms with Crippen LogP contribution < -0.4 is 5.32 Å². The molecule has 0 fully saturated rings. The molecule has 2 heterocycles. The van der Waals surface area contributed by atoms with Gasteiger partial charge in [-0.15, -0.1) is 0 Å². The Morgan fingerprint density at radius 3 is 2.55 bits per heavy atom. The number of nitrogens with one attached hydrogen (secondary N) is 1. The number of aromatic nitrogens is 2. The summed E-state index contributed by atoms with van der Waals surface area (Å²) in [5.74, 6) is 3.87. The molecule has 0 unspecified atom stereocenters. The van der Waals surface area contributed by atoms with E-state index in [4.69, 9.17) is 9.97 Å². The van der Waals surface area contributed by atoms with Crippen LogP contribution in [0.3, 0.4) is 0 Å². The topological polar surface area (TPSA) is 37.8 Å². The summed E-state index contributed by atoms with van der Waals surface area (Å²) in [5.41, 5.74) is 6.09. The van der Waals surface area contributed by atoms with E-state index in [2.05, 4.69) is 44.3 Å². The molecular weight excluding hydrogens is 266 g/mol. The van der Waals surface area contributed by atoms with Crippen LogP contribution in [0.15, 0.2) is 18.2 Å². The van der Waals surface area contributed by atoms with Crippen molar-refractivity contribution in [2.24, 2.45) is 0 Å². The molecule has 3 rings (SSSR count). The van der Waals surface area contributed by atoms with Gasteiger partial charge in [-0.2, -0.15) is 11.8 Å². The minimum absolute atomic E-state index is 0.842. The highest BCUT2D eigenvalue weighted by Gasteiger charge is 2.20. The zero-order valence-corrected chi connectivity index (χ0v) is 13.0. The second-order valence-electron chi connectivity index (χ2n) is 5.22. The SMILES string of the molecule is CCNc1nc(-c2cc(C)cc(C)c2)nc2c1CSC2. The van der Waals surface area contributed by atoms with Crippen molar-refractivity contribution in [3.05, 3.63) is 40.6 Å². The summed E-state index contributed by atoms with van der Waals surface area (Å²) < 4.78 is 0. The predicted octanol–water partition coefficient (Wildman–Crippen LogP) is 3.94. The lowest BCUT2D eigenvalue weighted by Crippen LogP contribution is -2.06. The Balaban J connectivity index is 2.12. The number of hydrogen-bond acceptors (Lipinski definition) is 4. The normalized spacial score (nSPS) is 13.3. The Kier molecular flexibility index (Phi) is 3.66. The molecule has 0 saturated heterocycles. The van der Waals surface area contributed by atoms with Gasteiger partial charge in [0.25, 0.3) is 0 Å². The quantitative estimate of drug-likeness (QED) is 0.927. The molecule has 2 aromatic rings. The highest BCUT2D eigenvalue weighted by molar-refractivity contribution is 7.98. The van der Waals surface area contributed by atoms with Crippen LogP contribution in [0, 0.1) is 13.8 Å². The van der Waals surface area contributed by atoms with Gasteiger partial charge in [0.2, 0.25) is 0 Å². The van der Waals surface area contributed by atoms with Crippen molar-refractivity contribution >= 4 is 17.6 Å². The van der Waals surface area contributed by atoms with Crippen molar-refractivity contribution in [1.82, 2.24) is 9.97 Å². The second-order valence-corrected chi connectivity index (χ2v) is 6.21. The zero-order chi connectivity index (χ0) is 14.1. The van der Waals surface area contributed by atoms with Gasteiger partial charge < -0.3 is 5.32 Å². The van der Waals surface area contributed by atoms with Crippen LogP contribution in [-0.2, 0) is 11.5 Å². The standard InChI is InChI=1S/C16H19N3S/c1-4-17-16-13-8-20-9-14(13)18-15(19-16)12-6-10(2)5-11(3)7-12/h5-7H,4,8-9H2,1-3H3,(H,17,18,19). The molecule has 0 atom stereocenters. The second kappa shape index (κ2) is 5.44. The molecule has 1 aromatic heterocycles. The van der Waals surface area contributed by atoms with E-state index < -0.39 is 0 Å². The van der Waals surface area contributed by atoms with Crippen molar-refractivity contribution in [1.29, 1.82) is 0 Å². The highest BCUT2D eigenvalue weighted by atomic mass is 32.2. The van der Waals surface area contributed by atoms with Crippen molar-refractivity contribution in [3.8, 4) is 11.4 Å². The highest BCUT2D eigenvalue weighted by Crippen LogP contribution is 2.34. The molecule has 1 N–H and O–H groups in total. The molecule has 104 valence electrons. The number of aryl methyl sites for hydroxylation is 2. The van der Waals surface area contributed by atoms with Crippen molar-refractivity contribution < 1.29 is 0 Å². The number of anilines is 1. The van der Waals surface area contributed by atoms with E-state index in [1.165, 1.54) is 22.4 Å². The van der Waals surface area contributed by atoms with Crippen LogP contribution in [0.1, 0.15) is 29.3 Å². The van der Waals surface area contributed by atoms with Gasteiger partial charge >= 0.3 is 0 Å². The van der Waals surface area contributed by atoms with E-state index in [0.29, 0.717) is 0 Å². The maximum absolute atomic E-state index is 4.78. The lowest BCUT2D eigenvalue weighted by molar-refractivity contribution is 1.05. The van der Waals surface area contributed by atoms with Crippen molar-refractivity contribution in [2.75, 3.05) is 11.9 Å². The minimum atomic E-state index is 0.842. The van der Waals surface area contributed by atoms with E-state index in [9.17, 15) is 0 Å². The van der Waals surface area contributed by atoms with E-state index in [1.54, 1.807) is 0 Å². The maximum atomic E-state index is 4.78. The molecule has 1 aromatic carbocycles. The van der Waals surface area contributed by atoms with Gasteiger partial charge in [-0.25, -0.2) is 9.97 Å². The molecular formula is C16H19N3S. The molecule has 3 nitrogen and oxygen atoms in total. The van der Waals surface area contributed by atoms with E-state index in [1.807, 2.05) is 11.8 Å².